The Bertz CT molecular complexity index is 681. The summed E-state index contributed by atoms with van der Waals surface area (Å²) in [4.78, 5) is 26.8. The molecule has 1 amide bonds. The molecule has 0 saturated carbocycles. The van der Waals surface area contributed by atoms with E-state index >= 15 is 0 Å². The van der Waals surface area contributed by atoms with Crippen LogP contribution in [0.2, 0.25) is 0 Å². The van der Waals surface area contributed by atoms with Crippen molar-refractivity contribution in [1.82, 2.24) is 0 Å². The molecule has 1 N–H and O–H groups in total. The summed E-state index contributed by atoms with van der Waals surface area (Å²) in [5.74, 6) is -0.905. The van der Waals surface area contributed by atoms with Gasteiger partial charge < -0.3 is 24.2 Å². The number of amides is 1. The topological polar surface area (TPSA) is 88.5 Å². The zero-order valence-corrected chi connectivity index (χ0v) is 16.9. The van der Waals surface area contributed by atoms with E-state index in [0.29, 0.717) is 38.4 Å². The lowest BCUT2D eigenvalue weighted by atomic mass is 10.2. The molecule has 8 nitrogen and oxygen atoms in total. The first-order valence-electron chi connectivity index (χ1n) is 9.86. The van der Waals surface area contributed by atoms with Crippen LogP contribution in [0.3, 0.4) is 0 Å². The number of aliphatic hydroxyl groups is 1. The molecule has 29 heavy (non-hydrogen) atoms. The average molecular weight is 412 g/mol. The number of ether oxygens (including phenoxy) is 3. The molecule has 1 aliphatic rings. The Kier molecular flexibility index (Phi) is 9.14. The minimum absolute atomic E-state index is 0.130. The minimum atomic E-state index is -1.14. The SMILES string of the molecule is CCCC(=O)OC[C@H](O)CN(C(=O)OCC)c1ccc(N2CCOCC2)c(F)c1. The van der Waals surface area contributed by atoms with Crippen LogP contribution in [0.4, 0.5) is 20.6 Å². The predicted octanol–water partition coefficient (Wildman–Crippen LogP) is 2.33. The van der Waals surface area contributed by atoms with E-state index in [0.717, 1.165) is 4.90 Å². The molecule has 0 spiro atoms. The van der Waals surface area contributed by atoms with E-state index in [1.807, 2.05) is 11.8 Å². The normalized spacial score (nSPS) is 15.0. The fourth-order valence-electron chi connectivity index (χ4n) is 2.94. The highest BCUT2D eigenvalue weighted by molar-refractivity contribution is 5.88. The second kappa shape index (κ2) is 11.6. The molecular weight excluding hydrogens is 383 g/mol. The monoisotopic (exact) mass is 412 g/mol. The van der Waals surface area contributed by atoms with Crippen molar-refractivity contribution >= 4 is 23.4 Å². The summed E-state index contributed by atoms with van der Waals surface area (Å²) < 4.78 is 30.0. The molecule has 0 unspecified atom stereocenters. The van der Waals surface area contributed by atoms with E-state index in [9.17, 15) is 19.1 Å². The Morgan fingerprint density at radius 1 is 1.28 bits per heavy atom. The van der Waals surface area contributed by atoms with Crippen molar-refractivity contribution in [3.05, 3.63) is 24.0 Å². The molecule has 0 aliphatic carbocycles. The third-order valence-electron chi connectivity index (χ3n) is 4.37. The summed E-state index contributed by atoms with van der Waals surface area (Å²) in [5, 5.41) is 10.2. The molecule has 1 aromatic rings. The van der Waals surface area contributed by atoms with Gasteiger partial charge in [0, 0.05) is 19.5 Å². The van der Waals surface area contributed by atoms with Gasteiger partial charge in [0.1, 0.15) is 18.5 Å². The number of carbonyl (C=O) groups excluding carboxylic acids is 2. The van der Waals surface area contributed by atoms with Crippen molar-refractivity contribution in [2.45, 2.75) is 32.8 Å². The van der Waals surface area contributed by atoms with Crippen LogP contribution < -0.4 is 9.80 Å². The smallest absolute Gasteiger partial charge is 0.414 e. The van der Waals surface area contributed by atoms with Crippen molar-refractivity contribution in [1.29, 1.82) is 0 Å². The number of aliphatic hydroxyl groups excluding tert-OH is 1. The molecule has 0 radical (unpaired) electrons. The van der Waals surface area contributed by atoms with Crippen LogP contribution in [0.5, 0.6) is 0 Å². The summed E-state index contributed by atoms with van der Waals surface area (Å²) in [6, 6.07) is 4.42. The van der Waals surface area contributed by atoms with E-state index in [2.05, 4.69) is 0 Å². The van der Waals surface area contributed by atoms with Crippen LogP contribution in [0.25, 0.3) is 0 Å². The molecule has 0 aromatic heterocycles. The summed E-state index contributed by atoms with van der Waals surface area (Å²) in [7, 11) is 0. The molecule has 9 heteroatoms. The molecule has 1 aromatic carbocycles. The van der Waals surface area contributed by atoms with Gasteiger partial charge in [-0.15, -0.1) is 0 Å². The van der Waals surface area contributed by atoms with Gasteiger partial charge in [0.2, 0.25) is 0 Å². The standard InChI is InChI=1S/C20H29FN2O6/c1-3-5-19(25)29-14-16(24)13-23(20(26)28-4-2)15-6-7-18(17(21)12-15)22-8-10-27-11-9-22/h6-7,12,16,24H,3-5,8-11,13-14H2,1-2H3/t16-/m1/s1. The Morgan fingerprint density at radius 2 is 2.00 bits per heavy atom. The van der Waals surface area contributed by atoms with Crippen LogP contribution >= 0.6 is 0 Å². The first-order valence-corrected chi connectivity index (χ1v) is 9.86. The van der Waals surface area contributed by atoms with E-state index in [1.165, 1.54) is 6.07 Å². The van der Waals surface area contributed by atoms with Crippen molar-refractivity contribution in [3.63, 3.8) is 0 Å². The zero-order valence-electron chi connectivity index (χ0n) is 16.9. The number of morpholine rings is 1. The predicted molar refractivity (Wildman–Crippen MR) is 106 cm³/mol. The lowest BCUT2D eigenvalue weighted by Crippen LogP contribution is -2.40. The Balaban J connectivity index is 2.11. The van der Waals surface area contributed by atoms with E-state index in [1.54, 1.807) is 19.1 Å². The molecular formula is C20H29FN2O6. The number of anilines is 2. The van der Waals surface area contributed by atoms with E-state index in [-0.39, 0.29) is 31.9 Å². The number of benzene rings is 1. The highest BCUT2D eigenvalue weighted by Crippen LogP contribution is 2.26. The lowest BCUT2D eigenvalue weighted by molar-refractivity contribution is -0.146. The maximum Gasteiger partial charge on any atom is 0.414 e. The number of rotatable bonds is 9. The zero-order chi connectivity index (χ0) is 21.2. The number of nitrogens with zero attached hydrogens (tertiary/aromatic N) is 2. The van der Waals surface area contributed by atoms with Crippen molar-refractivity contribution in [2.24, 2.45) is 0 Å². The van der Waals surface area contributed by atoms with Gasteiger partial charge in [-0.3, -0.25) is 9.69 Å². The summed E-state index contributed by atoms with van der Waals surface area (Å²) >= 11 is 0. The van der Waals surface area contributed by atoms with Gasteiger partial charge in [0.15, 0.2) is 0 Å². The number of hydrogen-bond donors (Lipinski definition) is 1. The number of hydrogen-bond acceptors (Lipinski definition) is 7. The minimum Gasteiger partial charge on any atom is -0.463 e. The maximum absolute atomic E-state index is 14.7. The quantitative estimate of drug-likeness (QED) is 0.623. The Morgan fingerprint density at radius 3 is 2.62 bits per heavy atom. The first-order chi connectivity index (χ1) is 14.0. The molecule has 1 saturated heterocycles. The van der Waals surface area contributed by atoms with Gasteiger partial charge >= 0.3 is 12.1 Å². The number of carbonyl (C=O) groups is 2. The second-order valence-corrected chi connectivity index (χ2v) is 6.63. The van der Waals surface area contributed by atoms with Crippen LogP contribution in [-0.2, 0) is 19.0 Å². The molecule has 1 aliphatic heterocycles. The van der Waals surface area contributed by atoms with Gasteiger partial charge in [-0.25, -0.2) is 9.18 Å². The van der Waals surface area contributed by atoms with Gasteiger partial charge in [-0.1, -0.05) is 6.92 Å². The molecule has 1 heterocycles. The molecule has 0 bridgehead atoms. The number of halogens is 1. The Hall–Kier alpha value is -2.39. The highest BCUT2D eigenvalue weighted by atomic mass is 19.1. The van der Waals surface area contributed by atoms with Crippen LogP contribution in [0.15, 0.2) is 18.2 Å². The second-order valence-electron chi connectivity index (χ2n) is 6.63. The van der Waals surface area contributed by atoms with Crippen LogP contribution in [0, 0.1) is 5.82 Å². The van der Waals surface area contributed by atoms with Gasteiger partial charge in [-0.05, 0) is 31.5 Å². The lowest BCUT2D eigenvalue weighted by Gasteiger charge is -2.30. The Labute approximate surface area is 170 Å². The fraction of sp³-hybridized carbons (Fsp3) is 0.600. The molecule has 1 atom stereocenters. The first kappa shape index (κ1) is 22.9. The highest BCUT2D eigenvalue weighted by Gasteiger charge is 2.24. The summed E-state index contributed by atoms with van der Waals surface area (Å²) in [6.07, 6.45) is -0.964. The molecule has 2 rings (SSSR count). The van der Waals surface area contributed by atoms with Crippen LogP contribution in [-0.4, -0.2) is 69.3 Å². The van der Waals surface area contributed by atoms with Gasteiger partial charge in [0.05, 0.1) is 37.7 Å². The largest absolute Gasteiger partial charge is 0.463 e. The third-order valence-corrected chi connectivity index (χ3v) is 4.37. The van der Waals surface area contributed by atoms with Crippen LogP contribution in [0.1, 0.15) is 26.7 Å². The summed E-state index contributed by atoms with van der Waals surface area (Å²) in [6.45, 7) is 5.39. The van der Waals surface area contributed by atoms with Crippen molar-refractivity contribution < 1.29 is 33.3 Å². The molecule has 162 valence electrons. The summed E-state index contributed by atoms with van der Waals surface area (Å²) in [5.41, 5.74) is 0.673. The average Bonchev–Trinajstić information content (AvgIpc) is 2.71. The fourth-order valence-corrected chi connectivity index (χ4v) is 2.94. The van der Waals surface area contributed by atoms with E-state index < -0.39 is 24.0 Å². The number of esters is 1. The van der Waals surface area contributed by atoms with E-state index in [4.69, 9.17) is 14.2 Å². The van der Waals surface area contributed by atoms with Gasteiger partial charge in [0.25, 0.3) is 0 Å². The molecule has 1 fully saturated rings. The van der Waals surface area contributed by atoms with Crippen molar-refractivity contribution in [3.8, 4) is 0 Å². The third kappa shape index (κ3) is 6.86. The van der Waals surface area contributed by atoms with Gasteiger partial charge in [-0.2, -0.15) is 0 Å². The maximum atomic E-state index is 14.7. The van der Waals surface area contributed by atoms with Crippen molar-refractivity contribution in [2.75, 3.05) is 55.9 Å².